The summed E-state index contributed by atoms with van der Waals surface area (Å²) in [5, 5.41) is 13.1. The van der Waals surface area contributed by atoms with Gasteiger partial charge in [-0.25, -0.2) is 0 Å². The monoisotopic (exact) mass is 279 g/mol. The van der Waals surface area contributed by atoms with Gasteiger partial charge in [0.25, 0.3) is 5.91 Å². The summed E-state index contributed by atoms with van der Waals surface area (Å²) in [5.74, 6) is -1.97. The third-order valence-corrected chi connectivity index (χ3v) is 3.33. The molecule has 7 heteroatoms. The number of nitrogens with one attached hydrogen (secondary N) is 2. The highest BCUT2D eigenvalue weighted by Crippen LogP contribution is 2.32. The van der Waals surface area contributed by atoms with Gasteiger partial charge in [0.2, 0.25) is 5.91 Å². The molecule has 1 heterocycles. The second kappa shape index (κ2) is 6.23. The number of carboxylic acid groups (broad SMARTS) is 1. The number of aromatic nitrogens is 1. The largest absolute Gasteiger partial charge is 0.480 e. The van der Waals surface area contributed by atoms with Gasteiger partial charge in [0.15, 0.2) is 0 Å². The topological polar surface area (TPSA) is 100 Å². The Hall–Kier alpha value is -2.31. The molecule has 1 aliphatic rings. The Balaban J connectivity index is 1.84. The fourth-order valence-corrected chi connectivity index (χ4v) is 2.06. The van der Waals surface area contributed by atoms with Crippen molar-refractivity contribution in [2.45, 2.75) is 25.3 Å². The van der Waals surface area contributed by atoms with Gasteiger partial charge >= 0.3 is 5.97 Å². The molecule has 0 bridgehead atoms. The quantitative estimate of drug-likeness (QED) is 0.689. The SMILES string of the molecule is O=C(O)CNC(=O)CNC(=O)c1cccn1C1CCC1. The number of carbonyl (C=O) groups excluding carboxylic acids is 2. The fraction of sp³-hybridized carbons (Fsp3) is 0.462. The molecule has 0 atom stereocenters. The number of amides is 2. The van der Waals surface area contributed by atoms with Gasteiger partial charge in [-0.3, -0.25) is 14.4 Å². The first kappa shape index (κ1) is 14.1. The number of hydrogen-bond acceptors (Lipinski definition) is 3. The van der Waals surface area contributed by atoms with E-state index < -0.39 is 18.4 Å². The maximum atomic E-state index is 12.0. The van der Waals surface area contributed by atoms with Crippen LogP contribution in [0.15, 0.2) is 18.3 Å². The van der Waals surface area contributed by atoms with Crippen molar-refractivity contribution in [3.8, 4) is 0 Å². The van der Waals surface area contributed by atoms with Gasteiger partial charge < -0.3 is 20.3 Å². The summed E-state index contributed by atoms with van der Waals surface area (Å²) >= 11 is 0. The van der Waals surface area contributed by atoms with E-state index in [1.165, 1.54) is 6.42 Å². The lowest BCUT2D eigenvalue weighted by Crippen LogP contribution is -2.39. The molecule has 0 unspecified atom stereocenters. The van der Waals surface area contributed by atoms with Crippen LogP contribution in [0.1, 0.15) is 35.8 Å². The molecule has 1 aromatic rings. The van der Waals surface area contributed by atoms with Crippen LogP contribution in [0.2, 0.25) is 0 Å². The molecule has 0 aliphatic heterocycles. The summed E-state index contributed by atoms with van der Waals surface area (Å²) in [5.41, 5.74) is 0.528. The van der Waals surface area contributed by atoms with Crippen molar-refractivity contribution in [3.63, 3.8) is 0 Å². The minimum absolute atomic E-state index is 0.234. The summed E-state index contributed by atoms with van der Waals surface area (Å²) in [6.07, 6.45) is 5.16. The van der Waals surface area contributed by atoms with Crippen molar-refractivity contribution >= 4 is 17.8 Å². The van der Waals surface area contributed by atoms with Crippen LogP contribution in [0.5, 0.6) is 0 Å². The number of rotatable bonds is 6. The third kappa shape index (κ3) is 3.37. The van der Waals surface area contributed by atoms with Crippen LogP contribution < -0.4 is 10.6 Å². The van der Waals surface area contributed by atoms with E-state index in [1.54, 1.807) is 12.1 Å². The molecule has 1 saturated carbocycles. The lowest BCUT2D eigenvalue weighted by atomic mass is 9.93. The molecule has 20 heavy (non-hydrogen) atoms. The molecule has 0 saturated heterocycles. The van der Waals surface area contributed by atoms with E-state index in [0.29, 0.717) is 11.7 Å². The Bertz CT molecular complexity index is 519. The van der Waals surface area contributed by atoms with Crippen molar-refractivity contribution in [3.05, 3.63) is 24.0 Å². The lowest BCUT2D eigenvalue weighted by Gasteiger charge is -2.28. The Morgan fingerprint density at radius 1 is 1.25 bits per heavy atom. The Labute approximate surface area is 116 Å². The number of carbonyl (C=O) groups is 3. The van der Waals surface area contributed by atoms with Crippen LogP contribution in [0, 0.1) is 0 Å². The molecular formula is C13H17N3O4. The van der Waals surface area contributed by atoms with Gasteiger partial charge in [-0.05, 0) is 31.4 Å². The van der Waals surface area contributed by atoms with Gasteiger partial charge in [-0.1, -0.05) is 0 Å². The van der Waals surface area contributed by atoms with Gasteiger partial charge in [-0.2, -0.15) is 0 Å². The lowest BCUT2D eigenvalue weighted by molar-refractivity contribution is -0.137. The number of aliphatic carboxylic acids is 1. The highest BCUT2D eigenvalue weighted by molar-refractivity contribution is 5.95. The molecule has 0 aromatic carbocycles. The first-order valence-corrected chi connectivity index (χ1v) is 6.51. The van der Waals surface area contributed by atoms with E-state index >= 15 is 0 Å². The maximum Gasteiger partial charge on any atom is 0.322 e. The highest BCUT2D eigenvalue weighted by atomic mass is 16.4. The van der Waals surface area contributed by atoms with Crippen molar-refractivity contribution < 1.29 is 19.5 Å². The molecule has 2 rings (SSSR count). The van der Waals surface area contributed by atoms with Crippen LogP contribution in [0.25, 0.3) is 0 Å². The summed E-state index contributed by atoms with van der Waals surface area (Å²) in [6.45, 7) is -0.685. The third-order valence-electron chi connectivity index (χ3n) is 3.33. The second-order valence-electron chi connectivity index (χ2n) is 4.74. The zero-order chi connectivity index (χ0) is 14.5. The molecule has 1 aliphatic carbocycles. The predicted octanol–water partition coefficient (Wildman–Crippen LogP) is 0.144. The molecule has 3 N–H and O–H groups in total. The zero-order valence-corrected chi connectivity index (χ0v) is 11.0. The average molecular weight is 279 g/mol. The Morgan fingerprint density at radius 3 is 2.60 bits per heavy atom. The average Bonchev–Trinajstić information content (AvgIpc) is 2.80. The first-order chi connectivity index (χ1) is 9.58. The zero-order valence-electron chi connectivity index (χ0n) is 11.0. The van der Waals surface area contributed by atoms with Gasteiger partial charge in [-0.15, -0.1) is 0 Å². The van der Waals surface area contributed by atoms with Crippen molar-refractivity contribution in [2.24, 2.45) is 0 Å². The summed E-state index contributed by atoms with van der Waals surface area (Å²) in [6, 6.07) is 3.88. The smallest absolute Gasteiger partial charge is 0.322 e. The molecule has 0 spiro atoms. The predicted molar refractivity (Wildman–Crippen MR) is 70.3 cm³/mol. The molecular weight excluding hydrogens is 262 g/mol. The van der Waals surface area contributed by atoms with Crippen LogP contribution in [-0.2, 0) is 9.59 Å². The molecule has 1 aromatic heterocycles. The van der Waals surface area contributed by atoms with E-state index in [1.807, 2.05) is 10.8 Å². The normalized spacial score (nSPS) is 14.4. The standard InChI is InChI=1S/C13H17N3O4/c17-11(14-8-12(18)19)7-15-13(20)10-5-2-6-16(10)9-3-1-4-9/h2,5-6,9H,1,3-4,7-8H2,(H,14,17)(H,15,20)(H,18,19). The minimum atomic E-state index is -1.12. The van der Waals surface area contributed by atoms with Crippen LogP contribution in [0.3, 0.4) is 0 Å². The molecule has 2 amide bonds. The van der Waals surface area contributed by atoms with E-state index in [9.17, 15) is 14.4 Å². The fourth-order valence-electron chi connectivity index (χ4n) is 2.06. The molecule has 0 radical (unpaired) electrons. The van der Waals surface area contributed by atoms with E-state index in [2.05, 4.69) is 10.6 Å². The summed E-state index contributed by atoms with van der Waals surface area (Å²) < 4.78 is 1.92. The number of hydrogen-bond donors (Lipinski definition) is 3. The van der Waals surface area contributed by atoms with Gasteiger partial charge in [0, 0.05) is 12.2 Å². The van der Waals surface area contributed by atoms with E-state index in [0.717, 1.165) is 12.8 Å². The van der Waals surface area contributed by atoms with Crippen molar-refractivity contribution in [1.82, 2.24) is 15.2 Å². The Morgan fingerprint density at radius 2 is 2.00 bits per heavy atom. The first-order valence-electron chi connectivity index (χ1n) is 6.51. The molecule has 1 fully saturated rings. The van der Waals surface area contributed by atoms with Gasteiger partial charge in [0.05, 0.1) is 6.54 Å². The highest BCUT2D eigenvalue weighted by Gasteiger charge is 2.23. The second-order valence-corrected chi connectivity index (χ2v) is 4.74. The van der Waals surface area contributed by atoms with Gasteiger partial charge in [0.1, 0.15) is 12.2 Å². The summed E-state index contributed by atoms with van der Waals surface area (Å²) in [4.78, 5) is 33.6. The van der Waals surface area contributed by atoms with Crippen LogP contribution in [0.4, 0.5) is 0 Å². The Kier molecular flexibility index (Phi) is 4.39. The maximum absolute atomic E-state index is 12.0. The minimum Gasteiger partial charge on any atom is -0.480 e. The van der Waals surface area contributed by atoms with Crippen molar-refractivity contribution in [2.75, 3.05) is 13.1 Å². The van der Waals surface area contributed by atoms with Crippen LogP contribution >= 0.6 is 0 Å². The van der Waals surface area contributed by atoms with Crippen LogP contribution in [-0.4, -0.2) is 40.5 Å². The van der Waals surface area contributed by atoms with Crippen molar-refractivity contribution in [1.29, 1.82) is 0 Å². The number of carboxylic acids is 1. The number of nitrogens with zero attached hydrogens (tertiary/aromatic N) is 1. The molecule has 108 valence electrons. The summed E-state index contributed by atoms with van der Waals surface area (Å²) in [7, 11) is 0. The van der Waals surface area contributed by atoms with E-state index in [-0.39, 0.29) is 12.5 Å². The van der Waals surface area contributed by atoms with E-state index in [4.69, 9.17) is 5.11 Å². The molecule has 7 nitrogen and oxygen atoms in total.